The van der Waals surface area contributed by atoms with Crippen LogP contribution >= 0.6 is 11.8 Å². The van der Waals surface area contributed by atoms with E-state index in [-0.39, 0.29) is 11.5 Å². The summed E-state index contributed by atoms with van der Waals surface area (Å²) in [6.07, 6.45) is 0. The second kappa shape index (κ2) is 7.85. The second-order valence-corrected chi connectivity index (χ2v) is 6.59. The van der Waals surface area contributed by atoms with E-state index in [2.05, 4.69) is 35.6 Å². The van der Waals surface area contributed by atoms with Gasteiger partial charge in [-0.2, -0.15) is 0 Å². The van der Waals surface area contributed by atoms with Crippen LogP contribution in [0.4, 0.5) is 5.69 Å². The lowest BCUT2D eigenvalue weighted by Gasteiger charge is -2.07. The Hall–Kier alpha value is -2.79. The molecule has 0 fully saturated rings. The van der Waals surface area contributed by atoms with Crippen LogP contribution in [-0.4, -0.2) is 22.7 Å². The average Bonchev–Trinajstić information content (AvgIpc) is 2.62. The van der Waals surface area contributed by atoms with Gasteiger partial charge >= 0.3 is 5.97 Å². The van der Waals surface area contributed by atoms with Gasteiger partial charge in [-0.3, -0.25) is 4.79 Å². The van der Waals surface area contributed by atoms with Crippen molar-refractivity contribution in [3.63, 3.8) is 0 Å². The summed E-state index contributed by atoms with van der Waals surface area (Å²) >= 11 is 1.52. The Kier molecular flexibility index (Phi) is 5.36. The van der Waals surface area contributed by atoms with Gasteiger partial charge in [0.1, 0.15) is 0 Å². The molecule has 0 bridgehead atoms. The van der Waals surface area contributed by atoms with Gasteiger partial charge in [0.25, 0.3) is 0 Å². The molecular formula is C20H17NO3S. The number of fused-ring (bicyclic) bond motifs is 1. The fourth-order valence-corrected chi connectivity index (χ4v) is 3.29. The Morgan fingerprint density at radius 1 is 0.920 bits per heavy atom. The number of anilines is 1. The van der Waals surface area contributed by atoms with Gasteiger partial charge in [0.05, 0.1) is 11.3 Å². The van der Waals surface area contributed by atoms with Crippen molar-refractivity contribution in [1.82, 2.24) is 0 Å². The van der Waals surface area contributed by atoms with Crippen LogP contribution in [0.3, 0.4) is 0 Å². The highest BCUT2D eigenvalue weighted by Crippen LogP contribution is 2.19. The number of hydrogen-bond donors (Lipinski definition) is 2. The molecule has 126 valence electrons. The highest BCUT2D eigenvalue weighted by molar-refractivity contribution is 7.99. The SMILES string of the molecule is O=C(CSCc1ccc2ccccc2c1)Nc1cccc(C(=O)O)c1. The summed E-state index contributed by atoms with van der Waals surface area (Å²) in [5.41, 5.74) is 1.82. The molecule has 0 heterocycles. The maximum Gasteiger partial charge on any atom is 0.335 e. The van der Waals surface area contributed by atoms with E-state index in [9.17, 15) is 9.59 Å². The Balaban J connectivity index is 1.53. The molecular weight excluding hydrogens is 334 g/mol. The van der Waals surface area contributed by atoms with Crippen LogP contribution in [0.5, 0.6) is 0 Å². The molecule has 0 aromatic heterocycles. The fraction of sp³-hybridized carbons (Fsp3) is 0.100. The molecule has 0 saturated heterocycles. The van der Waals surface area contributed by atoms with E-state index in [1.165, 1.54) is 40.2 Å². The largest absolute Gasteiger partial charge is 0.478 e. The van der Waals surface area contributed by atoms with Crippen LogP contribution in [0, 0.1) is 0 Å². The molecule has 3 aromatic rings. The summed E-state index contributed by atoms with van der Waals surface area (Å²) in [6.45, 7) is 0. The van der Waals surface area contributed by atoms with E-state index in [0.717, 1.165) is 5.75 Å². The van der Waals surface area contributed by atoms with E-state index in [4.69, 9.17) is 5.11 Å². The molecule has 0 atom stereocenters. The van der Waals surface area contributed by atoms with Crippen LogP contribution < -0.4 is 5.32 Å². The number of carbonyl (C=O) groups is 2. The van der Waals surface area contributed by atoms with E-state index in [0.29, 0.717) is 11.4 Å². The molecule has 0 radical (unpaired) electrons. The Morgan fingerprint density at radius 2 is 1.72 bits per heavy atom. The van der Waals surface area contributed by atoms with Gasteiger partial charge < -0.3 is 10.4 Å². The zero-order valence-corrected chi connectivity index (χ0v) is 14.3. The first-order valence-corrected chi connectivity index (χ1v) is 8.96. The van der Waals surface area contributed by atoms with Crippen molar-refractivity contribution in [1.29, 1.82) is 0 Å². The minimum atomic E-state index is -1.01. The van der Waals surface area contributed by atoms with Gasteiger partial charge in [0.2, 0.25) is 5.91 Å². The quantitative estimate of drug-likeness (QED) is 0.690. The van der Waals surface area contributed by atoms with Crippen molar-refractivity contribution in [2.24, 2.45) is 0 Å². The molecule has 3 aromatic carbocycles. The average molecular weight is 351 g/mol. The lowest BCUT2D eigenvalue weighted by atomic mass is 10.1. The Bertz CT molecular complexity index is 923. The van der Waals surface area contributed by atoms with Crippen LogP contribution in [0.1, 0.15) is 15.9 Å². The topological polar surface area (TPSA) is 66.4 Å². The maximum absolute atomic E-state index is 12.0. The first-order valence-electron chi connectivity index (χ1n) is 7.80. The number of nitrogens with one attached hydrogen (secondary N) is 1. The summed E-state index contributed by atoms with van der Waals surface area (Å²) in [6, 6.07) is 20.7. The lowest BCUT2D eigenvalue weighted by molar-refractivity contribution is -0.113. The normalized spacial score (nSPS) is 10.6. The van der Waals surface area contributed by atoms with Crippen molar-refractivity contribution in [2.45, 2.75) is 5.75 Å². The van der Waals surface area contributed by atoms with Gasteiger partial charge in [-0.15, -0.1) is 11.8 Å². The van der Waals surface area contributed by atoms with Crippen molar-refractivity contribution < 1.29 is 14.7 Å². The predicted molar refractivity (Wildman–Crippen MR) is 102 cm³/mol. The number of rotatable bonds is 6. The lowest BCUT2D eigenvalue weighted by Crippen LogP contribution is -2.14. The maximum atomic E-state index is 12.0. The second-order valence-electron chi connectivity index (χ2n) is 5.61. The minimum Gasteiger partial charge on any atom is -0.478 e. The molecule has 0 saturated carbocycles. The summed E-state index contributed by atoms with van der Waals surface area (Å²) in [4.78, 5) is 23.0. The molecule has 3 rings (SSSR count). The van der Waals surface area contributed by atoms with Crippen LogP contribution in [0.15, 0.2) is 66.7 Å². The zero-order valence-electron chi connectivity index (χ0n) is 13.4. The van der Waals surface area contributed by atoms with Crippen molar-refractivity contribution >= 4 is 40.1 Å². The highest BCUT2D eigenvalue weighted by atomic mass is 32.2. The van der Waals surface area contributed by atoms with E-state index >= 15 is 0 Å². The number of aromatic carboxylic acids is 1. The third-order valence-electron chi connectivity index (χ3n) is 3.71. The number of carboxylic acid groups (broad SMARTS) is 1. The smallest absolute Gasteiger partial charge is 0.335 e. The molecule has 5 heteroatoms. The van der Waals surface area contributed by atoms with Gasteiger partial charge in [0.15, 0.2) is 0 Å². The molecule has 4 nitrogen and oxygen atoms in total. The van der Waals surface area contributed by atoms with Crippen molar-refractivity contribution in [3.8, 4) is 0 Å². The van der Waals surface area contributed by atoms with Crippen molar-refractivity contribution in [3.05, 3.63) is 77.9 Å². The fourth-order valence-electron chi connectivity index (χ4n) is 2.52. The van der Waals surface area contributed by atoms with Gasteiger partial charge in [-0.05, 0) is 34.5 Å². The molecule has 25 heavy (non-hydrogen) atoms. The summed E-state index contributed by atoms with van der Waals surface area (Å²) in [5.74, 6) is -0.104. The first kappa shape index (κ1) is 17.0. The van der Waals surface area contributed by atoms with Crippen LogP contribution in [0.25, 0.3) is 10.8 Å². The number of hydrogen-bond acceptors (Lipinski definition) is 3. The standard InChI is InChI=1S/C20H17NO3S/c22-19(21-18-7-3-6-17(11-18)20(23)24)13-25-12-14-8-9-15-4-1-2-5-16(15)10-14/h1-11H,12-13H2,(H,21,22)(H,23,24). The number of carbonyl (C=O) groups excluding carboxylic acids is 1. The Morgan fingerprint density at radius 3 is 2.52 bits per heavy atom. The van der Waals surface area contributed by atoms with E-state index < -0.39 is 5.97 Å². The van der Waals surface area contributed by atoms with Gasteiger partial charge in [-0.25, -0.2) is 4.79 Å². The monoisotopic (exact) mass is 351 g/mol. The third kappa shape index (κ3) is 4.61. The summed E-state index contributed by atoms with van der Waals surface area (Å²) in [5, 5.41) is 14.1. The van der Waals surface area contributed by atoms with Gasteiger partial charge in [-0.1, -0.05) is 48.5 Å². The van der Waals surface area contributed by atoms with E-state index in [1.54, 1.807) is 12.1 Å². The van der Waals surface area contributed by atoms with Gasteiger partial charge in [0, 0.05) is 11.4 Å². The molecule has 2 N–H and O–H groups in total. The predicted octanol–water partition coefficient (Wildman–Crippen LogP) is 4.41. The minimum absolute atomic E-state index is 0.145. The molecule has 1 amide bonds. The number of carboxylic acids is 1. The number of thioether (sulfide) groups is 1. The number of benzene rings is 3. The number of amides is 1. The van der Waals surface area contributed by atoms with Crippen LogP contribution in [-0.2, 0) is 10.5 Å². The molecule has 0 unspecified atom stereocenters. The highest BCUT2D eigenvalue weighted by Gasteiger charge is 2.07. The third-order valence-corrected chi connectivity index (χ3v) is 4.71. The Labute approximate surface area is 149 Å². The summed E-state index contributed by atoms with van der Waals surface area (Å²) in [7, 11) is 0. The van der Waals surface area contributed by atoms with Crippen molar-refractivity contribution in [2.75, 3.05) is 11.1 Å². The molecule has 0 spiro atoms. The zero-order chi connectivity index (χ0) is 17.6. The first-order chi connectivity index (χ1) is 12.1. The van der Waals surface area contributed by atoms with Crippen LogP contribution in [0.2, 0.25) is 0 Å². The molecule has 0 aliphatic heterocycles. The summed E-state index contributed by atoms with van der Waals surface area (Å²) < 4.78 is 0. The molecule has 0 aliphatic carbocycles. The molecule has 0 aliphatic rings. The van der Waals surface area contributed by atoms with E-state index in [1.807, 2.05) is 12.1 Å².